The van der Waals surface area contributed by atoms with Gasteiger partial charge in [0.1, 0.15) is 11.5 Å². The third-order valence-electron chi connectivity index (χ3n) is 3.20. The number of ether oxygens (including phenoxy) is 1. The quantitative estimate of drug-likeness (QED) is 0.462. The molecule has 0 aliphatic rings. The van der Waals surface area contributed by atoms with Crippen LogP contribution >= 0.6 is 23.1 Å². The van der Waals surface area contributed by atoms with Crippen LogP contribution in [0.15, 0.2) is 45.4 Å². The number of aromatic amines is 1. The van der Waals surface area contributed by atoms with Gasteiger partial charge in [-0.1, -0.05) is 18.2 Å². The number of primary amides is 1. The first-order valence-corrected chi connectivity index (χ1v) is 8.85. The van der Waals surface area contributed by atoms with Gasteiger partial charge in [0.25, 0.3) is 11.5 Å². The molecule has 6 nitrogen and oxygen atoms in total. The number of thiophene rings is 1. The fourth-order valence-electron chi connectivity index (χ4n) is 2.20. The van der Waals surface area contributed by atoms with E-state index in [9.17, 15) is 14.7 Å². The number of rotatable bonds is 6. The van der Waals surface area contributed by atoms with Gasteiger partial charge in [-0.2, -0.15) is 0 Å². The van der Waals surface area contributed by atoms with Crippen LogP contribution in [0.2, 0.25) is 0 Å². The second-order valence-corrected chi connectivity index (χ2v) is 7.25. The molecule has 0 spiro atoms. The maximum absolute atomic E-state index is 11.8. The summed E-state index contributed by atoms with van der Waals surface area (Å²) >= 11 is 2.61. The topological polar surface area (TPSA) is 105 Å². The molecular formula is C16H14N2O4S2. The summed E-state index contributed by atoms with van der Waals surface area (Å²) in [6.07, 6.45) is 0. The van der Waals surface area contributed by atoms with E-state index in [1.165, 1.54) is 23.1 Å². The lowest BCUT2D eigenvalue weighted by molar-refractivity contribution is 0.0999. The minimum atomic E-state index is -0.644. The molecule has 0 fully saturated rings. The van der Waals surface area contributed by atoms with Gasteiger partial charge < -0.3 is 20.6 Å². The first-order chi connectivity index (χ1) is 11.6. The molecule has 0 bridgehead atoms. The maximum atomic E-state index is 11.8. The number of aromatic nitrogens is 1. The molecule has 3 aromatic rings. The number of benzene rings is 1. The fraction of sp³-hybridized carbons (Fsp3) is 0.125. The van der Waals surface area contributed by atoms with Crippen LogP contribution in [-0.4, -0.2) is 28.4 Å². The van der Waals surface area contributed by atoms with E-state index in [4.69, 9.17) is 10.5 Å². The fourth-order valence-corrected chi connectivity index (χ4v) is 4.54. The number of hydrogen-bond acceptors (Lipinski definition) is 6. The Morgan fingerprint density at radius 1 is 1.33 bits per heavy atom. The van der Waals surface area contributed by atoms with E-state index in [-0.39, 0.29) is 16.8 Å². The Labute approximate surface area is 145 Å². The highest BCUT2D eigenvalue weighted by Crippen LogP contribution is 2.40. The van der Waals surface area contributed by atoms with Crippen molar-refractivity contribution in [2.75, 3.05) is 12.4 Å². The summed E-state index contributed by atoms with van der Waals surface area (Å²) in [5.41, 5.74) is 5.47. The highest BCUT2D eigenvalue weighted by Gasteiger charge is 2.20. The molecule has 1 aromatic carbocycles. The van der Waals surface area contributed by atoms with Crippen LogP contribution in [-0.2, 0) is 0 Å². The van der Waals surface area contributed by atoms with Gasteiger partial charge >= 0.3 is 0 Å². The number of amides is 1. The molecule has 0 saturated carbocycles. The number of nitrogens with two attached hydrogens (primary N) is 1. The second-order valence-electron chi connectivity index (χ2n) is 4.86. The van der Waals surface area contributed by atoms with Gasteiger partial charge in [0.2, 0.25) is 0 Å². The Morgan fingerprint density at radius 3 is 2.79 bits per heavy atom. The molecule has 0 unspecified atom stereocenters. The Hall–Kier alpha value is -2.45. The van der Waals surface area contributed by atoms with Gasteiger partial charge in [-0.05, 0) is 12.1 Å². The summed E-state index contributed by atoms with van der Waals surface area (Å²) in [6, 6.07) is 10.5. The van der Waals surface area contributed by atoms with Crippen molar-refractivity contribution in [3.63, 3.8) is 0 Å². The van der Waals surface area contributed by atoms with Gasteiger partial charge in [-0.3, -0.25) is 9.59 Å². The van der Waals surface area contributed by atoms with Crippen LogP contribution in [0.25, 0.3) is 10.2 Å². The van der Waals surface area contributed by atoms with Crippen molar-refractivity contribution >= 4 is 39.2 Å². The standard InChI is InChI=1S/C16H14N2O4S2/c17-15(21)12-13-14(10(19)8-11(20)18-13)24-16(12)23-7-6-22-9-4-2-1-3-5-9/h1-5,8H,6-7H2,(H2,17,21)(H2,18,19,20). The molecule has 0 aliphatic carbocycles. The normalized spacial score (nSPS) is 10.8. The summed E-state index contributed by atoms with van der Waals surface area (Å²) in [4.78, 5) is 25.8. The Kier molecular flexibility index (Phi) is 4.77. The lowest BCUT2D eigenvalue weighted by atomic mass is 10.2. The van der Waals surface area contributed by atoms with Crippen LogP contribution in [0.4, 0.5) is 0 Å². The summed E-state index contributed by atoms with van der Waals surface area (Å²) in [5.74, 6) is 0.557. The number of nitrogens with one attached hydrogen (secondary N) is 1. The van der Waals surface area contributed by atoms with Crippen molar-refractivity contribution in [2.24, 2.45) is 5.73 Å². The number of pyridine rings is 1. The lowest BCUT2D eigenvalue weighted by Crippen LogP contribution is -2.13. The zero-order chi connectivity index (χ0) is 17.1. The molecule has 0 radical (unpaired) electrons. The molecule has 24 heavy (non-hydrogen) atoms. The van der Waals surface area contributed by atoms with Gasteiger partial charge in [0.05, 0.1) is 26.6 Å². The van der Waals surface area contributed by atoms with Crippen molar-refractivity contribution in [1.29, 1.82) is 0 Å². The molecule has 0 aliphatic heterocycles. The average Bonchev–Trinajstić information content (AvgIpc) is 2.91. The number of carbonyl (C=O) groups is 1. The largest absolute Gasteiger partial charge is 0.506 e. The van der Waals surface area contributed by atoms with E-state index in [0.717, 1.165) is 11.8 Å². The van der Waals surface area contributed by atoms with Gasteiger partial charge in [-0.15, -0.1) is 23.1 Å². The number of fused-ring (bicyclic) bond motifs is 1. The maximum Gasteiger partial charge on any atom is 0.252 e. The number of carbonyl (C=O) groups excluding carboxylic acids is 1. The smallest absolute Gasteiger partial charge is 0.252 e. The molecule has 0 atom stereocenters. The van der Waals surface area contributed by atoms with Crippen molar-refractivity contribution in [1.82, 2.24) is 4.98 Å². The van der Waals surface area contributed by atoms with Gasteiger partial charge in [0, 0.05) is 11.8 Å². The number of para-hydroxylation sites is 1. The van der Waals surface area contributed by atoms with Crippen LogP contribution < -0.4 is 16.0 Å². The van der Waals surface area contributed by atoms with E-state index < -0.39 is 11.5 Å². The molecule has 1 amide bonds. The highest BCUT2D eigenvalue weighted by atomic mass is 32.2. The third-order valence-corrected chi connectivity index (χ3v) is 5.65. The Balaban J connectivity index is 1.79. The molecule has 3 rings (SSSR count). The van der Waals surface area contributed by atoms with Crippen LogP contribution in [0.5, 0.6) is 11.5 Å². The van der Waals surface area contributed by atoms with Crippen molar-refractivity contribution in [2.45, 2.75) is 4.21 Å². The molecule has 4 N–H and O–H groups in total. The number of hydrogen-bond donors (Lipinski definition) is 3. The Bertz CT molecular complexity index is 934. The summed E-state index contributed by atoms with van der Waals surface area (Å²) in [6.45, 7) is 0.448. The molecule has 2 heterocycles. The SMILES string of the molecule is NC(=O)c1c(SCCOc2ccccc2)sc2c(O)cc(=O)[nH]c12. The predicted octanol–water partition coefficient (Wildman–Crippen LogP) is 2.57. The van der Waals surface area contributed by atoms with Gasteiger partial charge in [-0.25, -0.2) is 0 Å². The number of aromatic hydroxyl groups is 1. The van der Waals surface area contributed by atoms with E-state index in [0.29, 0.717) is 21.3 Å². The van der Waals surface area contributed by atoms with Crippen molar-refractivity contribution < 1.29 is 14.6 Å². The Morgan fingerprint density at radius 2 is 2.08 bits per heavy atom. The second kappa shape index (κ2) is 6.98. The minimum Gasteiger partial charge on any atom is -0.506 e. The van der Waals surface area contributed by atoms with E-state index in [2.05, 4.69) is 4.98 Å². The summed E-state index contributed by atoms with van der Waals surface area (Å²) in [5, 5.41) is 9.90. The molecule has 124 valence electrons. The van der Waals surface area contributed by atoms with E-state index in [1.54, 1.807) is 0 Å². The number of thioether (sulfide) groups is 1. The summed E-state index contributed by atoms with van der Waals surface area (Å²) in [7, 11) is 0. The number of H-pyrrole nitrogens is 1. The third kappa shape index (κ3) is 3.39. The highest BCUT2D eigenvalue weighted by molar-refractivity contribution is 8.01. The zero-order valence-corrected chi connectivity index (χ0v) is 14.1. The first kappa shape index (κ1) is 16.4. The average molecular weight is 362 g/mol. The molecule has 8 heteroatoms. The van der Waals surface area contributed by atoms with Crippen LogP contribution in [0.3, 0.4) is 0 Å². The van der Waals surface area contributed by atoms with E-state index >= 15 is 0 Å². The van der Waals surface area contributed by atoms with Crippen LogP contribution in [0.1, 0.15) is 10.4 Å². The van der Waals surface area contributed by atoms with Crippen molar-refractivity contribution in [3.8, 4) is 11.5 Å². The predicted molar refractivity (Wildman–Crippen MR) is 95.3 cm³/mol. The van der Waals surface area contributed by atoms with Crippen LogP contribution in [0, 0.1) is 0 Å². The molecule has 0 saturated heterocycles. The summed E-state index contributed by atoms with van der Waals surface area (Å²) < 4.78 is 6.69. The monoisotopic (exact) mass is 362 g/mol. The molecule has 2 aromatic heterocycles. The molecular weight excluding hydrogens is 348 g/mol. The van der Waals surface area contributed by atoms with Gasteiger partial charge in [0.15, 0.2) is 0 Å². The first-order valence-electron chi connectivity index (χ1n) is 7.05. The lowest BCUT2D eigenvalue weighted by Gasteiger charge is -2.05. The zero-order valence-electron chi connectivity index (χ0n) is 12.4. The minimum absolute atomic E-state index is 0.159. The van der Waals surface area contributed by atoms with E-state index in [1.807, 2.05) is 30.3 Å². The van der Waals surface area contributed by atoms with Crippen molar-refractivity contribution in [3.05, 3.63) is 52.3 Å².